The first kappa shape index (κ1) is 25.1. The number of hydrogen-bond acceptors (Lipinski definition) is 4. The molecule has 1 rings (SSSR count). The van der Waals surface area contributed by atoms with Gasteiger partial charge in [0.1, 0.15) is 9.84 Å². The molecule has 0 aliphatic heterocycles. The summed E-state index contributed by atoms with van der Waals surface area (Å²) in [5.74, 6) is 0.898. The molecule has 0 fully saturated rings. The lowest BCUT2D eigenvalue weighted by Gasteiger charge is -2.19. The summed E-state index contributed by atoms with van der Waals surface area (Å²) < 4.78 is 22.4. The van der Waals surface area contributed by atoms with Gasteiger partial charge in [0, 0.05) is 32.4 Å². The monoisotopic (exact) mass is 496 g/mol. The molecule has 1 aromatic rings. The van der Waals surface area contributed by atoms with Crippen LogP contribution in [0.15, 0.2) is 35.3 Å². The number of rotatable bonds is 10. The van der Waals surface area contributed by atoms with Crippen LogP contribution in [-0.2, 0) is 16.4 Å². The first-order valence-electron chi connectivity index (χ1n) is 8.67. The highest BCUT2D eigenvalue weighted by Crippen LogP contribution is 2.02. The summed E-state index contributed by atoms with van der Waals surface area (Å²) in [6, 6.07) is 10.5. The average molecular weight is 496 g/mol. The summed E-state index contributed by atoms with van der Waals surface area (Å²) >= 11 is 0. The Labute approximate surface area is 175 Å². The van der Waals surface area contributed by atoms with Crippen molar-refractivity contribution >= 4 is 39.8 Å². The molecule has 0 spiro atoms. The van der Waals surface area contributed by atoms with Crippen molar-refractivity contribution in [2.45, 2.75) is 32.4 Å². The number of aliphatic imine (C=N–C) groups is 1. The van der Waals surface area contributed by atoms with E-state index in [1.165, 1.54) is 11.8 Å². The van der Waals surface area contributed by atoms with Crippen LogP contribution in [0.5, 0.6) is 0 Å². The Hall–Kier alpha value is -0.870. The predicted molar refractivity (Wildman–Crippen MR) is 121 cm³/mol. The smallest absolute Gasteiger partial charge is 0.191 e. The van der Waals surface area contributed by atoms with Crippen molar-refractivity contribution in [3.8, 4) is 0 Å². The lowest BCUT2D eigenvalue weighted by molar-refractivity contribution is 0.322. The molecule has 0 amide bonds. The van der Waals surface area contributed by atoms with Crippen molar-refractivity contribution in [1.82, 2.24) is 15.5 Å². The van der Waals surface area contributed by atoms with E-state index in [9.17, 15) is 8.42 Å². The van der Waals surface area contributed by atoms with Gasteiger partial charge in [0.05, 0.1) is 5.75 Å². The van der Waals surface area contributed by atoms with E-state index >= 15 is 0 Å². The summed E-state index contributed by atoms with van der Waals surface area (Å²) in [5.41, 5.74) is 1.31. The number of benzene rings is 1. The molecule has 0 aromatic heterocycles. The first-order chi connectivity index (χ1) is 11.8. The molecule has 0 saturated carbocycles. The summed E-state index contributed by atoms with van der Waals surface area (Å²) in [5, 5.41) is 6.51. The normalized spacial score (nSPS) is 13.2. The Morgan fingerprint density at radius 1 is 1.27 bits per heavy atom. The van der Waals surface area contributed by atoms with E-state index in [0.717, 1.165) is 26.1 Å². The van der Waals surface area contributed by atoms with Gasteiger partial charge in [-0.3, -0.25) is 4.99 Å². The van der Waals surface area contributed by atoms with Crippen LogP contribution in [0.3, 0.4) is 0 Å². The molecule has 1 atom stereocenters. The van der Waals surface area contributed by atoms with Crippen LogP contribution >= 0.6 is 24.0 Å². The van der Waals surface area contributed by atoms with Gasteiger partial charge in [-0.05, 0) is 38.9 Å². The maximum atomic E-state index is 11.2. The second-order valence-electron chi connectivity index (χ2n) is 6.54. The van der Waals surface area contributed by atoms with Crippen LogP contribution in [0.1, 0.15) is 25.3 Å². The van der Waals surface area contributed by atoms with Gasteiger partial charge in [0.2, 0.25) is 0 Å². The Morgan fingerprint density at radius 3 is 2.50 bits per heavy atom. The van der Waals surface area contributed by atoms with Crippen LogP contribution in [0.4, 0.5) is 0 Å². The molecule has 0 aliphatic rings. The number of guanidine groups is 1. The van der Waals surface area contributed by atoms with Crippen molar-refractivity contribution in [3.05, 3.63) is 35.9 Å². The van der Waals surface area contributed by atoms with E-state index < -0.39 is 9.84 Å². The molecule has 0 heterocycles. The van der Waals surface area contributed by atoms with Crippen molar-refractivity contribution in [3.63, 3.8) is 0 Å². The minimum atomic E-state index is -2.92. The highest BCUT2D eigenvalue weighted by atomic mass is 127. The van der Waals surface area contributed by atoms with Crippen LogP contribution in [-0.4, -0.2) is 64.5 Å². The third-order valence-electron chi connectivity index (χ3n) is 3.83. The van der Waals surface area contributed by atoms with Crippen molar-refractivity contribution < 1.29 is 8.42 Å². The zero-order chi connectivity index (χ0) is 18.7. The summed E-state index contributed by atoms with van der Waals surface area (Å²) in [6.07, 6.45) is 2.83. The van der Waals surface area contributed by atoms with E-state index in [-0.39, 0.29) is 35.8 Å². The lowest BCUT2D eigenvalue weighted by atomic mass is 10.2. The number of sulfone groups is 1. The standard InChI is InChI=1S/C18H32N4O2S.HI/c1-16(11-14-25(4,23)24)21-18(19-2)20-12-8-13-22(3)15-17-9-6-5-7-10-17;/h5-7,9-10,16H,8,11-15H2,1-4H3,(H2,19,20,21);1H. The largest absolute Gasteiger partial charge is 0.356 e. The van der Waals surface area contributed by atoms with Gasteiger partial charge < -0.3 is 15.5 Å². The second-order valence-corrected chi connectivity index (χ2v) is 8.80. The summed E-state index contributed by atoms with van der Waals surface area (Å²) in [6.45, 7) is 4.71. The van der Waals surface area contributed by atoms with E-state index in [1.807, 2.05) is 13.0 Å². The molecule has 2 N–H and O–H groups in total. The molecule has 0 radical (unpaired) electrons. The number of hydrogen-bond donors (Lipinski definition) is 2. The average Bonchev–Trinajstić information content (AvgIpc) is 2.56. The topological polar surface area (TPSA) is 73.8 Å². The third-order valence-corrected chi connectivity index (χ3v) is 4.81. The lowest BCUT2D eigenvalue weighted by Crippen LogP contribution is -2.43. The highest BCUT2D eigenvalue weighted by Gasteiger charge is 2.09. The zero-order valence-corrected chi connectivity index (χ0v) is 19.4. The molecule has 1 aromatic carbocycles. The van der Waals surface area contributed by atoms with Crippen LogP contribution in [0.2, 0.25) is 0 Å². The predicted octanol–water partition coefficient (Wildman–Crippen LogP) is 2.11. The zero-order valence-electron chi connectivity index (χ0n) is 16.2. The number of nitrogens with zero attached hydrogens (tertiary/aromatic N) is 2. The molecular weight excluding hydrogens is 463 g/mol. The van der Waals surface area contributed by atoms with Gasteiger partial charge in [-0.25, -0.2) is 8.42 Å². The minimum Gasteiger partial charge on any atom is -0.356 e. The van der Waals surface area contributed by atoms with Crippen molar-refractivity contribution in [2.75, 3.05) is 39.2 Å². The van der Waals surface area contributed by atoms with Gasteiger partial charge in [-0.2, -0.15) is 0 Å². The van der Waals surface area contributed by atoms with Gasteiger partial charge >= 0.3 is 0 Å². The van der Waals surface area contributed by atoms with Crippen molar-refractivity contribution in [1.29, 1.82) is 0 Å². The Bertz CT molecular complexity index is 623. The van der Waals surface area contributed by atoms with Crippen molar-refractivity contribution in [2.24, 2.45) is 4.99 Å². The summed E-state index contributed by atoms with van der Waals surface area (Å²) in [4.78, 5) is 6.48. The molecule has 6 nitrogen and oxygen atoms in total. The Kier molecular flexibility index (Phi) is 12.9. The van der Waals surface area contributed by atoms with Gasteiger partial charge in [0.15, 0.2) is 5.96 Å². The maximum absolute atomic E-state index is 11.2. The molecule has 0 saturated heterocycles. The number of halogens is 1. The molecular formula is C18H33IN4O2S. The molecule has 8 heteroatoms. The fraction of sp³-hybridized carbons (Fsp3) is 0.611. The van der Waals surface area contributed by atoms with E-state index in [4.69, 9.17) is 0 Å². The Balaban J connectivity index is 0.00000625. The molecule has 1 unspecified atom stereocenters. The Morgan fingerprint density at radius 2 is 1.92 bits per heavy atom. The van der Waals surface area contributed by atoms with E-state index in [0.29, 0.717) is 12.4 Å². The minimum absolute atomic E-state index is 0. The van der Waals surface area contributed by atoms with Crippen LogP contribution in [0.25, 0.3) is 0 Å². The molecule has 0 bridgehead atoms. The third kappa shape index (κ3) is 12.5. The summed E-state index contributed by atoms with van der Waals surface area (Å²) in [7, 11) is 0.917. The molecule has 0 aliphatic carbocycles. The molecule has 150 valence electrons. The number of nitrogens with one attached hydrogen (secondary N) is 2. The van der Waals surface area contributed by atoms with E-state index in [2.05, 4.69) is 51.8 Å². The highest BCUT2D eigenvalue weighted by molar-refractivity contribution is 14.0. The second kappa shape index (κ2) is 13.3. The quantitative estimate of drug-likeness (QED) is 0.225. The van der Waals surface area contributed by atoms with Gasteiger partial charge in [-0.1, -0.05) is 30.3 Å². The van der Waals surface area contributed by atoms with Gasteiger partial charge in [0.25, 0.3) is 0 Å². The molecule has 26 heavy (non-hydrogen) atoms. The fourth-order valence-electron chi connectivity index (χ4n) is 2.42. The SMILES string of the molecule is CN=C(NCCCN(C)Cc1ccccc1)NC(C)CCS(C)(=O)=O.I. The van der Waals surface area contributed by atoms with E-state index in [1.54, 1.807) is 7.05 Å². The first-order valence-corrected chi connectivity index (χ1v) is 10.7. The maximum Gasteiger partial charge on any atom is 0.191 e. The van der Waals surface area contributed by atoms with Crippen LogP contribution < -0.4 is 10.6 Å². The fourth-order valence-corrected chi connectivity index (χ4v) is 3.20. The van der Waals surface area contributed by atoms with Crippen LogP contribution in [0, 0.1) is 0 Å². The van der Waals surface area contributed by atoms with Gasteiger partial charge in [-0.15, -0.1) is 24.0 Å².